The van der Waals surface area contributed by atoms with E-state index in [9.17, 15) is 14.7 Å². The highest BCUT2D eigenvalue weighted by atomic mass is 35.5. The monoisotopic (exact) mass is 503 g/mol. The van der Waals surface area contributed by atoms with Gasteiger partial charge in [-0.15, -0.1) is 0 Å². The summed E-state index contributed by atoms with van der Waals surface area (Å²) in [5, 5.41) is 20.3. The Balaban J connectivity index is 1.27. The SMILES string of the molecule is C[C@@H](OC(=O)Nc1nonc1-c1ccc(-c2ccc(C3(C(=O)O)CC3)cc2)cc1)c1ccccc1Cl. The summed E-state index contributed by atoms with van der Waals surface area (Å²) in [5.41, 5.74) is 3.75. The summed E-state index contributed by atoms with van der Waals surface area (Å²) >= 11 is 6.18. The van der Waals surface area contributed by atoms with E-state index in [-0.39, 0.29) is 5.82 Å². The minimum absolute atomic E-state index is 0.131. The molecule has 1 saturated carbocycles. The zero-order valence-electron chi connectivity index (χ0n) is 19.3. The maximum atomic E-state index is 12.5. The van der Waals surface area contributed by atoms with E-state index >= 15 is 0 Å². The van der Waals surface area contributed by atoms with Crippen molar-refractivity contribution in [3.8, 4) is 22.4 Å². The smallest absolute Gasteiger partial charge is 0.413 e. The van der Waals surface area contributed by atoms with Crippen molar-refractivity contribution in [2.75, 3.05) is 5.32 Å². The second kappa shape index (κ2) is 9.47. The first kappa shape index (κ1) is 23.6. The lowest BCUT2D eigenvalue weighted by molar-refractivity contribution is -0.140. The third kappa shape index (κ3) is 4.55. The first-order valence-corrected chi connectivity index (χ1v) is 11.7. The van der Waals surface area contributed by atoms with Crippen LogP contribution in [0.3, 0.4) is 0 Å². The van der Waals surface area contributed by atoms with Crippen LogP contribution in [0.2, 0.25) is 5.02 Å². The molecule has 1 fully saturated rings. The van der Waals surface area contributed by atoms with Crippen molar-refractivity contribution in [3.05, 3.63) is 88.9 Å². The van der Waals surface area contributed by atoms with Crippen LogP contribution in [0.25, 0.3) is 22.4 Å². The summed E-state index contributed by atoms with van der Waals surface area (Å²) in [4.78, 5) is 24.0. The molecule has 0 unspecified atom stereocenters. The number of hydrogen-bond donors (Lipinski definition) is 2. The molecule has 8 nitrogen and oxygen atoms in total. The number of ether oxygens (including phenoxy) is 1. The molecule has 1 aliphatic carbocycles. The molecule has 182 valence electrons. The van der Waals surface area contributed by atoms with Gasteiger partial charge < -0.3 is 9.84 Å². The molecule has 0 aliphatic heterocycles. The third-order valence-corrected chi connectivity index (χ3v) is 6.77. The van der Waals surface area contributed by atoms with E-state index in [0.717, 1.165) is 16.7 Å². The fourth-order valence-corrected chi connectivity index (χ4v) is 4.46. The van der Waals surface area contributed by atoms with Gasteiger partial charge in [0.2, 0.25) is 5.82 Å². The first-order chi connectivity index (χ1) is 17.4. The number of nitrogens with zero attached hydrogens (tertiary/aromatic N) is 2. The summed E-state index contributed by atoms with van der Waals surface area (Å²) in [6, 6.07) is 22.2. The predicted octanol–water partition coefficient (Wildman–Crippen LogP) is 6.48. The molecule has 1 atom stereocenters. The summed E-state index contributed by atoms with van der Waals surface area (Å²) in [6.45, 7) is 1.72. The molecule has 0 spiro atoms. The molecular formula is C27H22ClN3O5. The van der Waals surface area contributed by atoms with Gasteiger partial charge in [-0.2, -0.15) is 0 Å². The number of carbonyl (C=O) groups excluding carboxylic acids is 1. The van der Waals surface area contributed by atoms with Crippen molar-refractivity contribution in [2.45, 2.75) is 31.3 Å². The standard InChI is InChI=1S/C27H22ClN3O5/c1-16(21-4-2-3-5-22(21)28)35-26(34)29-24-23(30-36-31-24)19-8-6-17(7-9-19)18-10-12-20(13-11-18)27(14-15-27)25(32)33/h2-13,16H,14-15H2,1H3,(H,32,33)(H,29,31,34)/t16-/m1/s1. The zero-order valence-corrected chi connectivity index (χ0v) is 20.0. The fraction of sp³-hybridized carbons (Fsp3) is 0.185. The van der Waals surface area contributed by atoms with Gasteiger partial charge in [-0.1, -0.05) is 78.3 Å². The van der Waals surface area contributed by atoms with E-state index in [1.54, 1.807) is 25.1 Å². The molecule has 1 amide bonds. The topological polar surface area (TPSA) is 115 Å². The molecule has 9 heteroatoms. The van der Waals surface area contributed by atoms with Crippen LogP contribution in [-0.2, 0) is 14.9 Å². The van der Waals surface area contributed by atoms with Gasteiger partial charge in [0.1, 0.15) is 6.10 Å². The number of halogens is 1. The van der Waals surface area contributed by atoms with E-state index < -0.39 is 23.6 Å². The summed E-state index contributed by atoms with van der Waals surface area (Å²) in [6.07, 6.45) is 0.0550. The molecule has 0 saturated heterocycles. The van der Waals surface area contributed by atoms with Crippen LogP contribution in [0, 0.1) is 0 Å². The van der Waals surface area contributed by atoms with Crippen molar-refractivity contribution >= 4 is 29.5 Å². The van der Waals surface area contributed by atoms with E-state index in [0.29, 0.717) is 34.7 Å². The molecule has 1 heterocycles. The van der Waals surface area contributed by atoms with Gasteiger partial charge in [-0.3, -0.25) is 10.1 Å². The molecule has 0 radical (unpaired) electrons. The molecule has 1 aliphatic rings. The van der Waals surface area contributed by atoms with Crippen molar-refractivity contribution < 1.29 is 24.1 Å². The zero-order chi connectivity index (χ0) is 25.3. The highest BCUT2D eigenvalue weighted by Gasteiger charge is 2.51. The van der Waals surface area contributed by atoms with Crippen molar-refractivity contribution in [3.63, 3.8) is 0 Å². The Morgan fingerprint density at radius 3 is 2.19 bits per heavy atom. The molecule has 0 bridgehead atoms. The Bertz CT molecular complexity index is 1410. The van der Waals surface area contributed by atoms with Gasteiger partial charge in [-0.25, -0.2) is 9.42 Å². The average Bonchev–Trinajstić information content (AvgIpc) is 3.58. The minimum atomic E-state index is -0.771. The predicted molar refractivity (Wildman–Crippen MR) is 134 cm³/mol. The van der Waals surface area contributed by atoms with Crippen molar-refractivity contribution in [2.24, 2.45) is 0 Å². The van der Waals surface area contributed by atoms with Crippen LogP contribution in [0.15, 0.2) is 77.4 Å². The Morgan fingerprint density at radius 2 is 1.58 bits per heavy atom. The van der Waals surface area contributed by atoms with Gasteiger partial charge >= 0.3 is 12.1 Å². The number of rotatable bonds is 7. The second-order valence-electron chi connectivity index (χ2n) is 8.70. The van der Waals surface area contributed by atoms with E-state index in [1.165, 1.54) is 0 Å². The number of carboxylic acids is 1. The molecule has 5 rings (SSSR count). The molecule has 36 heavy (non-hydrogen) atoms. The lowest BCUT2D eigenvalue weighted by atomic mass is 9.93. The Morgan fingerprint density at radius 1 is 0.972 bits per heavy atom. The first-order valence-electron chi connectivity index (χ1n) is 11.4. The van der Waals surface area contributed by atoms with E-state index in [1.807, 2.05) is 54.6 Å². The number of nitrogens with one attached hydrogen (secondary N) is 1. The van der Waals surface area contributed by atoms with Crippen LogP contribution in [0.1, 0.15) is 37.0 Å². The fourth-order valence-electron chi connectivity index (χ4n) is 4.17. The number of aromatic nitrogens is 2. The summed E-state index contributed by atoms with van der Waals surface area (Å²) in [5.74, 6) is -0.640. The Hall–Kier alpha value is -4.17. The van der Waals surface area contributed by atoms with Crippen LogP contribution in [-0.4, -0.2) is 27.5 Å². The number of benzene rings is 3. The van der Waals surface area contributed by atoms with Crippen molar-refractivity contribution in [1.29, 1.82) is 0 Å². The Kier molecular flexibility index (Phi) is 6.20. The van der Waals surface area contributed by atoms with E-state index in [2.05, 4.69) is 15.6 Å². The quantitative estimate of drug-likeness (QED) is 0.296. The second-order valence-corrected chi connectivity index (χ2v) is 9.10. The number of amides is 1. The highest BCUT2D eigenvalue weighted by Crippen LogP contribution is 2.48. The normalized spacial score (nSPS) is 14.6. The number of carbonyl (C=O) groups is 2. The lowest BCUT2D eigenvalue weighted by Gasteiger charge is -2.14. The lowest BCUT2D eigenvalue weighted by Crippen LogP contribution is -2.19. The number of aliphatic carboxylic acids is 1. The van der Waals surface area contributed by atoms with E-state index in [4.69, 9.17) is 21.0 Å². The van der Waals surface area contributed by atoms with Crippen LogP contribution in [0.5, 0.6) is 0 Å². The van der Waals surface area contributed by atoms with Gasteiger partial charge in [0.25, 0.3) is 0 Å². The minimum Gasteiger partial charge on any atom is -0.481 e. The van der Waals surface area contributed by atoms with Gasteiger partial charge in [0.05, 0.1) is 5.41 Å². The number of anilines is 1. The average molecular weight is 504 g/mol. The molecule has 2 N–H and O–H groups in total. The number of hydrogen-bond acceptors (Lipinski definition) is 6. The summed E-state index contributed by atoms with van der Waals surface area (Å²) < 4.78 is 10.3. The third-order valence-electron chi connectivity index (χ3n) is 6.42. The largest absolute Gasteiger partial charge is 0.481 e. The maximum absolute atomic E-state index is 12.5. The van der Waals surface area contributed by atoms with Gasteiger partial charge in [0, 0.05) is 16.1 Å². The Labute approximate surface area is 211 Å². The van der Waals surface area contributed by atoms with Crippen LogP contribution in [0.4, 0.5) is 10.6 Å². The molecular weight excluding hydrogens is 482 g/mol. The maximum Gasteiger partial charge on any atom is 0.413 e. The molecule has 4 aromatic rings. The summed E-state index contributed by atoms with van der Waals surface area (Å²) in [7, 11) is 0. The number of carboxylic acid groups (broad SMARTS) is 1. The highest BCUT2D eigenvalue weighted by molar-refractivity contribution is 6.31. The van der Waals surface area contributed by atoms with Gasteiger partial charge in [0.15, 0.2) is 5.69 Å². The van der Waals surface area contributed by atoms with Crippen molar-refractivity contribution in [1.82, 2.24) is 10.3 Å². The van der Waals surface area contributed by atoms with Crippen LogP contribution >= 0.6 is 11.6 Å². The van der Waals surface area contributed by atoms with Crippen LogP contribution < -0.4 is 5.32 Å². The molecule has 1 aromatic heterocycles. The van der Waals surface area contributed by atoms with Gasteiger partial charge in [-0.05, 0) is 52.8 Å². The molecule has 3 aromatic carbocycles.